The summed E-state index contributed by atoms with van der Waals surface area (Å²) in [6, 6.07) is 6.02. The fourth-order valence-corrected chi connectivity index (χ4v) is 6.39. The summed E-state index contributed by atoms with van der Waals surface area (Å²) in [5.74, 6) is 0.123. The number of carbonyl (C=O) groups is 1. The molecular formula is C25H32N4O2S2. The van der Waals surface area contributed by atoms with E-state index in [1.807, 2.05) is 46.1 Å². The monoisotopic (exact) mass is 484 g/mol. The molecule has 4 rings (SSSR count). The number of aryl methyl sites for hydroxylation is 4. The second-order valence-electron chi connectivity index (χ2n) is 9.05. The number of thiophene rings is 1. The Morgan fingerprint density at radius 1 is 1.24 bits per heavy atom. The summed E-state index contributed by atoms with van der Waals surface area (Å²) in [5, 5.41) is 4.46. The van der Waals surface area contributed by atoms with E-state index in [4.69, 9.17) is 4.98 Å². The van der Waals surface area contributed by atoms with Gasteiger partial charge >= 0.3 is 0 Å². The van der Waals surface area contributed by atoms with Crippen molar-refractivity contribution in [2.45, 2.75) is 57.7 Å². The molecule has 0 bridgehead atoms. The highest BCUT2D eigenvalue weighted by atomic mass is 32.2. The molecular weight excluding hydrogens is 452 g/mol. The molecule has 8 heteroatoms. The molecule has 1 aliphatic rings. The highest BCUT2D eigenvalue weighted by molar-refractivity contribution is 7.99. The molecule has 1 aliphatic carbocycles. The molecule has 176 valence electrons. The van der Waals surface area contributed by atoms with Gasteiger partial charge in [0.05, 0.1) is 11.1 Å². The van der Waals surface area contributed by atoms with Crippen molar-refractivity contribution in [3.05, 3.63) is 50.1 Å². The van der Waals surface area contributed by atoms with Crippen molar-refractivity contribution in [2.75, 3.05) is 31.7 Å². The molecule has 0 saturated heterocycles. The molecule has 1 N–H and O–H groups in total. The summed E-state index contributed by atoms with van der Waals surface area (Å²) < 4.78 is 1.79. The van der Waals surface area contributed by atoms with Gasteiger partial charge < -0.3 is 10.2 Å². The van der Waals surface area contributed by atoms with E-state index in [0.29, 0.717) is 11.7 Å². The average Bonchev–Trinajstić information content (AvgIpc) is 3.15. The van der Waals surface area contributed by atoms with Crippen LogP contribution in [-0.4, -0.2) is 46.8 Å². The van der Waals surface area contributed by atoms with Crippen LogP contribution in [0.3, 0.4) is 0 Å². The SMILES string of the molecule is Cc1ccc(C)c(NC(=O)CSc2nc3sc4c(c3c(=O)n2CCCN(C)C)CCCC4)c1. The zero-order chi connectivity index (χ0) is 23.5. The third-order valence-electron chi connectivity index (χ3n) is 6.03. The lowest BCUT2D eigenvalue weighted by atomic mass is 9.97. The summed E-state index contributed by atoms with van der Waals surface area (Å²) in [6.07, 6.45) is 5.17. The summed E-state index contributed by atoms with van der Waals surface area (Å²) in [5.41, 5.74) is 4.23. The van der Waals surface area contributed by atoms with E-state index >= 15 is 0 Å². The largest absolute Gasteiger partial charge is 0.325 e. The average molecular weight is 485 g/mol. The third kappa shape index (κ3) is 5.50. The van der Waals surface area contributed by atoms with Crippen LogP contribution in [0.25, 0.3) is 10.2 Å². The number of anilines is 1. The van der Waals surface area contributed by atoms with Crippen molar-refractivity contribution < 1.29 is 4.79 Å². The number of hydrogen-bond acceptors (Lipinski definition) is 6. The Labute approximate surface area is 203 Å². The molecule has 2 heterocycles. The first-order valence-electron chi connectivity index (χ1n) is 11.5. The number of hydrogen-bond donors (Lipinski definition) is 1. The highest BCUT2D eigenvalue weighted by Crippen LogP contribution is 2.34. The second kappa shape index (κ2) is 10.4. The van der Waals surface area contributed by atoms with E-state index in [-0.39, 0.29) is 17.2 Å². The lowest BCUT2D eigenvalue weighted by Crippen LogP contribution is -2.26. The first-order valence-corrected chi connectivity index (χ1v) is 13.3. The Balaban J connectivity index is 1.60. The van der Waals surface area contributed by atoms with Crippen LogP contribution in [0, 0.1) is 13.8 Å². The van der Waals surface area contributed by atoms with E-state index in [2.05, 4.69) is 10.2 Å². The first kappa shape index (κ1) is 24.0. The van der Waals surface area contributed by atoms with Gasteiger partial charge in [-0.2, -0.15) is 0 Å². The van der Waals surface area contributed by atoms with Crippen LogP contribution in [0.2, 0.25) is 0 Å². The molecule has 0 radical (unpaired) electrons. The van der Waals surface area contributed by atoms with E-state index in [0.717, 1.165) is 59.3 Å². The fraction of sp³-hybridized carbons (Fsp3) is 0.480. The van der Waals surface area contributed by atoms with Gasteiger partial charge in [0.1, 0.15) is 4.83 Å². The van der Waals surface area contributed by atoms with E-state index in [9.17, 15) is 9.59 Å². The number of rotatable bonds is 8. The molecule has 0 saturated carbocycles. The zero-order valence-corrected chi connectivity index (χ0v) is 21.5. The van der Waals surface area contributed by atoms with Gasteiger partial charge in [-0.1, -0.05) is 23.9 Å². The van der Waals surface area contributed by atoms with Crippen molar-refractivity contribution in [1.29, 1.82) is 0 Å². The highest BCUT2D eigenvalue weighted by Gasteiger charge is 2.22. The van der Waals surface area contributed by atoms with Gasteiger partial charge in [0.25, 0.3) is 5.56 Å². The Morgan fingerprint density at radius 2 is 2.03 bits per heavy atom. The van der Waals surface area contributed by atoms with Crippen LogP contribution in [0.15, 0.2) is 28.2 Å². The molecule has 0 spiro atoms. The minimum absolute atomic E-state index is 0.0515. The smallest absolute Gasteiger partial charge is 0.263 e. The summed E-state index contributed by atoms with van der Waals surface area (Å²) in [6.45, 7) is 5.49. The first-order chi connectivity index (χ1) is 15.8. The number of nitrogens with zero attached hydrogens (tertiary/aromatic N) is 3. The Bertz CT molecular complexity index is 1230. The molecule has 6 nitrogen and oxygen atoms in total. The van der Waals surface area contributed by atoms with Gasteiger partial charge in [0.15, 0.2) is 5.16 Å². The lowest BCUT2D eigenvalue weighted by molar-refractivity contribution is -0.113. The molecule has 0 unspecified atom stereocenters. The molecule has 33 heavy (non-hydrogen) atoms. The Morgan fingerprint density at radius 3 is 2.82 bits per heavy atom. The van der Waals surface area contributed by atoms with Crippen molar-refractivity contribution >= 4 is 44.9 Å². The molecule has 1 amide bonds. The van der Waals surface area contributed by atoms with Crippen LogP contribution >= 0.6 is 23.1 Å². The fourth-order valence-electron chi connectivity index (χ4n) is 4.26. The van der Waals surface area contributed by atoms with Gasteiger partial charge in [-0.25, -0.2) is 4.98 Å². The van der Waals surface area contributed by atoms with Crippen molar-refractivity contribution in [1.82, 2.24) is 14.5 Å². The third-order valence-corrected chi connectivity index (χ3v) is 8.19. The quantitative estimate of drug-likeness (QED) is 0.373. The topological polar surface area (TPSA) is 67.2 Å². The number of benzene rings is 1. The van der Waals surface area contributed by atoms with Crippen LogP contribution in [0.4, 0.5) is 5.69 Å². The van der Waals surface area contributed by atoms with Crippen LogP contribution in [0.5, 0.6) is 0 Å². The molecule has 2 aromatic heterocycles. The van der Waals surface area contributed by atoms with E-state index in [1.165, 1.54) is 28.6 Å². The normalized spacial score (nSPS) is 13.5. The van der Waals surface area contributed by atoms with Crippen molar-refractivity contribution in [2.24, 2.45) is 0 Å². The van der Waals surface area contributed by atoms with Crippen molar-refractivity contribution in [3.63, 3.8) is 0 Å². The van der Waals surface area contributed by atoms with Gasteiger partial charge in [0.2, 0.25) is 5.91 Å². The maximum atomic E-state index is 13.6. The molecule has 0 atom stereocenters. The Kier molecular flexibility index (Phi) is 7.56. The van der Waals surface area contributed by atoms with Crippen molar-refractivity contribution in [3.8, 4) is 0 Å². The van der Waals surface area contributed by atoms with Gasteiger partial charge in [-0.05, 0) is 89.3 Å². The zero-order valence-electron chi connectivity index (χ0n) is 19.9. The lowest BCUT2D eigenvalue weighted by Gasteiger charge is -2.15. The minimum Gasteiger partial charge on any atom is -0.325 e. The predicted molar refractivity (Wildman–Crippen MR) is 139 cm³/mol. The minimum atomic E-state index is -0.0895. The number of carbonyl (C=O) groups excluding carboxylic acids is 1. The number of thioether (sulfide) groups is 1. The molecule has 1 aromatic carbocycles. The summed E-state index contributed by atoms with van der Waals surface area (Å²) >= 11 is 3.01. The number of amides is 1. The second-order valence-corrected chi connectivity index (χ2v) is 11.1. The van der Waals surface area contributed by atoms with Crippen LogP contribution in [0.1, 0.15) is 40.8 Å². The predicted octanol–water partition coefficient (Wildman–Crippen LogP) is 4.64. The standard InChI is InChI=1S/C25H32N4O2S2/c1-16-10-11-17(2)19(14-16)26-21(30)15-32-25-27-23-22(18-8-5-6-9-20(18)33-23)24(31)29(25)13-7-12-28(3)4/h10-11,14H,5-9,12-13,15H2,1-4H3,(H,26,30). The van der Waals surface area contributed by atoms with E-state index in [1.54, 1.807) is 15.9 Å². The number of fused-ring (bicyclic) bond motifs is 3. The summed E-state index contributed by atoms with van der Waals surface area (Å²) in [7, 11) is 4.07. The van der Waals surface area contributed by atoms with Crippen LogP contribution in [-0.2, 0) is 24.2 Å². The summed E-state index contributed by atoms with van der Waals surface area (Å²) in [4.78, 5) is 35.5. The molecule has 0 fully saturated rings. The maximum absolute atomic E-state index is 13.6. The van der Waals surface area contributed by atoms with Gasteiger partial charge in [0, 0.05) is 17.1 Å². The Hall–Kier alpha value is -2.16. The molecule has 0 aliphatic heterocycles. The van der Waals surface area contributed by atoms with Gasteiger partial charge in [-0.3, -0.25) is 14.2 Å². The van der Waals surface area contributed by atoms with Gasteiger partial charge in [-0.15, -0.1) is 11.3 Å². The molecule has 3 aromatic rings. The number of aromatic nitrogens is 2. The maximum Gasteiger partial charge on any atom is 0.263 e. The number of nitrogens with one attached hydrogen (secondary N) is 1. The van der Waals surface area contributed by atoms with Crippen LogP contribution < -0.4 is 10.9 Å². The van der Waals surface area contributed by atoms with E-state index < -0.39 is 0 Å².